The van der Waals surface area contributed by atoms with Crippen molar-refractivity contribution in [2.75, 3.05) is 39.9 Å². The molecule has 1 aromatic carbocycles. The summed E-state index contributed by atoms with van der Waals surface area (Å²) in [7, 11) is -2.06. The van der Waals surface area contributed by atoms with Gasteiger partial charge in [0.15, 0.2) is 0 Å². The highest BCUT2D eigenvalue weighted by atomic mass is 32.2. The van der Waals surface area contributed by atoms with Gasteiger partial charge in [-0.05, 0) is 50.5 Å². The standard InChI is InChI=1S/C17H26N2O5S/c1-5-24-17(20)18-9-6-10-19(12-11-18)25(21,22)16-8-7-15(23-4)13(2)14(16)3/h7-8H,5-6,9-12H2,1-4H3. The summed E-state index contributed by atoms with van der Waals surface area (Å²) in [4.78, 5) is 13.7. The number of carbonyl (C=O) groups excluding carboxylic acids is 1. The van der Waals surface area contributed by atoms with Crippen molar-refractivity contribution in [1.82, 2.24) is 9.21 Å². The fourth-order valence-electron chi connectivity index (χ4n) is 2.94. The predicted molar refractivity (Wildman–Crippen MR) is 94.4 cm³/mol. The fourth-order valence-corrected chi connectivity index (χ4v) is 4.69. The molecule has 0 saturated carbocycles. The molecule has 0 aromatic heterocycles. The summed E-state index contributed by atoms with van der Waals surface area (Å²) < 4.78 is 37.8. The monoisotopic (exact) mass is 370 g/mol. The van der Waals surface area contributed by atoms with Crippen molar-refractivity contribution in [3.8, 4) is 5.75 Å². The van der Waals surface area contributed by atoms with Gasteiger partial charge in [-0.25, -0.2) is 13.2 Å². The molecule has 0 bridgehead atoms. The van der Waals surface area contributed by atoms with Gasteiger partial charge in [0.05, 0.1) is 18.6 Å². The van der Waals surface area contributed by atoms with Gasteiger partial charge in [0, 0.05) is 26.2 Å². The Labute approximate surface area is 149 Å². The molecule has 0 unspecified atom stereocenters. The van der Waals surface area contributed by atoms with Gasteiger partial charge in [-0.3, -0.25) is 0 Å². The first-order chi connectivity index (χ1) is 11.8. The maximum absolute atomic E-state index is 13.1. The number of sulfonamides is 1. The number of methoxy groups -OCH3 is 1. The van der Waals surface area contributed by atoms with Gasteiger partial charge in [0.2, 0.25) is 10.0 Å². The summed E-state index contributed by atoms with van der Waals surface area (Å²) in [5.41, 5.74) is 1.50. The van der Waals surface area contributed by atoms with Crippen LogP contribution in [0.15, 0.2) is 17.0 Å². The summed E-state index contributed by atoms with van der Waals surface area (Å²) in [6.45, 7) is 7.14. The average Bonchev–Trinajstić information content (AvgIpc) is 2.84. The SMILES string of the molecule is CCOC(=O)N1CCCN(S(=O)(=O)c2ccc(OC)c(C)c2C)CC1. The fraction of sp³-hybridized carbons (Fsp3) is 0.588. The van der Waals surface area contributed by atoms with Crippen LogP contribution < -0.4 is 4.74 Å². The molecule has 2 rings (SSSR count). The molecule has 0 spiro atoms. The number of benzene rings is 1. The third kappa shape index (κ3) is 4.07. The molecular formula is C17H26N2O5S. The molecule has 8 heteroatoms. The van der Waals surface area contributed by atoms with Crippen molar-refractivity contribution in [2.24, 2.45) is 0 Å². The molecule has 0 aliphatic carbocycles. The van der Waals surface area contributed by atoms with E-state index in [0.717, 1.165) is 5.56 Å². The second-order valence-electron chi connectivity index (χ2n) is 5.96. The molecular weight excluding hydrogens is 344 g/mol. The zero-order valence-corrected chi connectivity index (χ0v) is 16.1. The van der Waals surface area contributed by atoms with E-state index in [1.807, 2.05) is 6.92 Å². The molecule has 1 aromatic rings. The Hall–Kier alpha value is -1.80. The number of carbonyl (C=O) groups is 1. The van der Waals surface area contributed by atoms with E-state index in [2.05, 4.69) is 0 Å². The maximum Gasteiger partial charge on any atom is 0.409 e. The van der Waals surface area contributed by atoms with E-state index in [9.17, 15) is 13.2 Å². The minimum Gasteiger partial charge on any atom is -0.496 e. The normalized spacial score (nSPS) is 16.4. The molecule has 1 amide bonds. The lowest BCUT2D eigenvalue weighted by atomic mass is 10.1. The Kier molecular flexibility index (Phi) is 6.29. The highest BCUT2D eigenvalue weighted by Gasteiger charge is 2.30. The first-order valence-electron chi connectivity index (χ1n) is 8.39. The Morgan fingerprint density at radius 3 is 2.48 bits per heavy atom. The quantitative estimate of drug-likeness (QED) is 0.812. The number of hydrogen-bond acceptors (Lipinski definition) is 5. The molecule has 7 nitrogen and oxygen atoms in total. The molecule has 1 saturated heterocycles. The van der Waals surface area contributed by atoms with Crippen LogP contribution in [0.2, 0.25) is 0 Å². The van der Waals surface area contributed by atoms with Crippen molar-refractivity contribution in [3.05, 3.63) is 23.3 Å². The highest BCUT2D eigenvalue weighted by molar-refractivity contribution is 7.89. The van der Waals surface area contributed by atoms with E-state index in [1.165, 1.54) is 4.31 Å². The second kappa shape index (κ2) is 8.05. The summed E-state index contributed by atoms with van der Waals surface area (Å²) in [5.74, 6) is 0.667. The van der Waals surface area contributed by atoms with Crippen LogP contribution >= 0.6 is 0 Å². The molecule has 0 atom stereocenters. The lowest BCUT2D eigenvalue weighted by Crippen LogP contribution is -2.37. The number of nitrogens with zero attached hydrogens (tertiary/aromatic N) is 2. The molecule has 1 aliphatic heterocycles. The van der Waals surface area contributed by atoms with Crippen molar-refractivity contribution >= 4 is 16.1 Å². The lowest BCUT2D eigenvalue weighted by molar-refractivity contribution is 0.109. The Balaban J connectivity index is 2.23. The molecule has 0 N–H and O–H groups in total. The van der Waals surface area contributed by atoms with Gasteiger partial charge >= 0.3 is 6.09 Å². The van der Waals surface area contributed by atoms with Crippen molar-refractivity contribution in [1.29, 1.82) is 0 Å². The second-order valence-corrected chi connectivity index (χ2v) is 7.87. The first kappa shape index (κ1) is 19.5. The number of ether oxygens (including phenoxy) is 2. The van der Waals surface area contributed by atoms with Crippen molar-refractivity contribution < 1.29 is 22.7 Å². The van der Waals surface area contributed by atoms with Gasteiger partial charge in [-0.15, -0.1) is 0 Å². The van der Waals surface area contributed by atoms with Gasteiger partial charge in [0.1, 0.15) is 5.75 Å². The number of amides is 1. The molecule has 1 heterocycles. The minimum absolute atomic E-state index is 0.256. The number of hydrogen-bond donors (Lipinski definition) is 0. The highest BCUT2D eigenvalue weighted by Crippen LogP contribution is 2.29. The third-order valence-corrected chi connectivity index (χ3v) is 6.55. The number of rotatable bonds is 4. The topological polar surface area (TPSA) is 76.2 Å². The summed E-state index contributed by atoms with van der Waals surface area (Å²) in [5, 5.41) is 0. The molecule has 140 valence electrons. The van der Waals surface area contributed by atoms with E-state index in [1.54, 1.807) is 38.0 Å². The van der Waals surface area contributed by atoms with Crippen LogP contribution in [-0.4, -0.2) is 63.6 Å². The summed E-state index contributed by atoms with van der Waals surface area (Å²) >= 11 is 0. The average molecular weight is 370 g/mol. The van der Waals surface area contributed by atoms with Crippen molar-refractivity contribution in [2.45, 2.75) is 32.1 Å². The minimum atomic E-state index is -3.63. The smallest absolute Gasteiger partial charge is 0.409 e. The third-order valence-electron chi connectivity index (χ3n) is 4.51. The van der Waals surface area contributed by atoms with E-state index >= 15 is 0 Å². The first-order valence-corrected chi connectivity index (χ1v) is 9.83. The predicted octanol–water partition coefficient (Wildman–Crippen LogP) is 2.16. The Morgan fingerprint density at radius 1 is 1.12 bits per heavy atom. The molecule has 1 aliphatic rings. The maximum atomic E-state index is 13.1. The van der Waals surface area contributed by atoms with E-state index in [-0.39, 0.29) is 11.4 Å². The molecule has 25 heavy (non-hydrogen) atoms. The van der Waals surface area contributed by atoms with E-state index in [0.29, 0.717) is 44.0 Å². The zero-order chi connectivity index (χ0) is 18.6. The largest absolute Gasteiger partial charge is 0.496 e. The van der Waals surface area contributed by atoms with Crippen molar-refractivity contribution in [3.63, 3.8) is 0 Å². The summed E-state index contributed by atoms with van der Waals surface area (Å²) in [6.07, 6.45) is 0.185. The van der Waals surface area contributed by atoms with Gasteiger partial charge in [0.25, 0.3) is 0 Å². The Bertz CT molecular complexity index is 733. The Morgan fingerprint density at radius 2 is 1.84 bits per heavy atom. The van der Waals surface area contributed by atoms with Crippen LogP contribution in [0.25, 0.3) is 0 Å². The van der Waals surface area contributed by atoms with Crippen LogP contribution in [0.5, 0.6) is 5.75 Å². The van der Waals surface area contributed by atoms with Crippen LogP contribution in [0, 0.1) is 13.8 Å². The van der Waals surface area contributed by atoms with Crippen LogP contribution in [0.3, 0.4) is 0 Å². The van der Waals surface area contributed by atoms with Crippen LogP contribution in [0.4, 0.5) is 4.79 Å². The van der Waals surface area contributed by atoms with Crippen LogP contribution in [-0.2, 0) is 14.8 Å². The van der Waals surface area contributed by atoms with E-state index in [4.69, 9.17) is 9.47 Å². The van der Waals surface area contributed by atoms with Crippen LogP contribution in [0.1, 0.15) is 24.5 Å². The van der Waals surface area contributed by atoms with E-state index < -0.39 is 16.1 Å². The van der Waals surface area contributed by atoms with Gasteiger partial charge < -0.3 is 14.4 Å². The van der Waals surface area contributed by atoms with Gasteiger partial charge in [-0.2, -0.15) is 4.31 Å². The zero-order valence-electron chi connectivity index (χ0n) is 15.2. The molecule has 1 fully saturated rings. The lowest BCUT2D eigenvalue weighted by Gasteiger charge is -2.23. The molecule has 0 radical (unpaired) electrons. The summed E-state index contributed by atoms with van der Waals surface area (Å²) in [6, 6.07) is 3.27. The van der Waals surface area contributed by atoms with Gasteiger partial charge in [-0.1, -0.05) is 0 Å².